The van der Waals surface area contributed by atoms with Gasteiger partial charge in [0.2, 0.25) is 0 Å². The smallest absolute Gasteiger partial charge is 0.119 e. The summed E-state index contributed by atoms with van der Waals surface area (Å²) in [6.45, 7) is 9.41. The second-order valence-corrected chi connectivity index (χ2v) is 4.88. The molecule has 0 spiro atoms. The summed E-state index contributed by atoms with van der Waals surface area (Å²) in [6.07, 6.45) is 2.44. The van der Waals surface area contributed by atoms with Crippen molar-refractivity contribution in [2.45, 2.75) is 52.6 Å². The summed E-state index contributed by atoms with van der Waals surface area (Å²) in [5.74, 6) is 0.951. The summed E-state index contributed by atoms with van der Waals surface area (Å²) in [5, 5.41) is 3.54. The van der Waals surface area contributed by atoms with E-state index >= 15 is 0 Å². The maximum absolute atomic E-state index is 5.74. The van der Waals surface area contributed by atoms with Crippen LogP contribution in [0.5, 0.6) is 5.75 Å². The SMILES string of the molecule is CCCC(C)NC(C)COc1ccc(C)cc1. The molecule has 96 valence electrons. The zero-order valence-corrected chi connectivity index (χ0v) is 11.5. The molecule has 0 aliphatic heterocycles. The average molecular weight is 235 g/mol. The lowest BCUT2D eigenvalue weighted by molar-refractivity contribution is 0.261. The van der Waals surface area contributed by atoms with E-state index in [2.05, 4.69) is 45.1 Å². The van der Waals surface area contributed by atoms with Crippen molar-refractivity contribution < 1.29 is 4.74 Å². The second kappa shape index (κ2) is 7.33. The van der Waals surface area contributed by atoms with Crippen molar-refractivity contribution in [3.63, 3.8) is 0 Å². The molecule has 2 heteroatoms. The zero-order chi connectivity index (χ0) is 12.7. The van der Waals surface area contributed by atoms with Crippen LogP contribution < -0.4 is 10.1 Å². The van der Waals surface area contributed by atoms with E-state index in [1.54, 1.807) is 0 Å². The van der Waals surface area contributed by atoms with Crippen LogP contribution >= 0.6 is 0 Å². The van der Waals surface area contributed by atoms with Crippen molar-refractivity contribution in [3.8, 4) is 5.75 Å². The lowest BCUT2D eigenvalue weighted by atomic mass is 10.2. The minimum atomic E-state index is 0.387. The fourth-order valence-corrected chi connectivity index (χ4v) is 1.91. The first-order chi connectivity index (χ1) is 8.11. The van der Waals surface area contributed by atoms with Gasteiger partial charge >= 0.3 is 0 Å². The van der Waals surface area contributed by atoms with Gasteiger partial charge in [0.05, 0.1) is 0 Å². The Morgan fingerprint density at radius 3 is 2.35 bits per heavy atom. The molecule has 1 rings (SSSR count). The number of rotatable bonds is 7. The van der Waals surface area contributed by atoms with Crippen LogP contribution in [0.3, 0.4) is 0 Å². The molecular weight excluding hydrogens is 210 g/mol. The van der Waals surface area contributed by atoms with Crippen LogP contribution in [0.15, 0.2) is 24.3 Å². The largest absolute Gasteiger partial charge is 0.492 e. The normalized spacial score (nSPS) is 14.4. The summed E-state index contributed by atoms with van der Waals surface area (Å²) < 4.78 is 5.74. The lowest BCUT2D eigenvalue weighted by Crippen LogP contribution is -2.38. The molecule has 2 unspecified atom stereocenters. The summed E-state index contributed by atoms with van der Waals surface area (Å²) in [6, 6.07) is 9.16. The van der Waals surface area contributed by atoms with Crippen LogP contribution in [0.1, 0.15) is 39.2 Å². The molecule has 0 amide bonds. The molecule has 0 heterocycles. The highest BCUT2D eigenvalue weighted by Crippen LogP contribution is 2.11. The first kappa shape index (κ1) is 14.0. The van der Waals surface area contributed by atoms with Crippen LogP contribution in [-0.4, -0.2) is 18.7 Å². The summed E-state index contributed by atoms with van der Waals surface area (Å²) >= 11 is 0. The predicted octanol–water partition coefficient (Wildman–Crippen LogP) is 3.54. The molecule has 0 radical (unpaired) electrons. The molecule has 1 aromatic rings. The summed E-state index contributed by atoms with van der Waals surface area (Å²) in [4.78, 5) is 0. The molecule has 0 bridgehead atoms. The Hall–Kier alpha value is -1.02. The van der Waals surface area contributed by atoms with E-state index in [1.165, 1.54) is 18.4 Å². The predicted molar refractivity (Wildman–Crippen MR) is 73.6 cm³/mol. The lowest BCUT2D eigenvalue weighted by Gasteiger charge is -2.20. The van der Waals surface area contributed by atoms with E-state index in [1.807, 2.05) is 12.1 Å². The van der Waals surface area contributed by atoms with E-state index in [-0.39, 0.29) is 0 Å². The van der Waals surface area contributed by atoms with Crippen molar-refractivity contribution >= 4 is 0 Å². The number of aryl methyl sites for hydroxylation is 1. The molecule has 2 nitrogen and oxygen atoms in total. The highest BCUT2D eigenvalue weighted by atomic mass is 16.5. The molecule has 0 saturated heterocycles. The second-order valence-electron chi connectivity index (χ2n) is 4.88. The van der Waals surface area contributed by atoms with Crippen LogP contribution in [0, 0.1) is 6.92 Å². The van der Waals surface area contributed by atoms with Gasteiger partial charge in [0.1, 0.15) is 12.4 Å². The number of hydrogen-bond donors (Lipinski definition) is 1. The quantitative estimate of drug-likeness (QED) is 0.780. The van der Waals surface area contributed by atoms with Gasteiger partial charge in [0.15, 0.2) is 0 Å². The van der Waals surface area contributed by atoms with Gasteiger partial charge in [-0.1, -0.05) is 31.0 Å². The Labute approximate surface area is 105 Å². The first-order valence-electron chi connectivity index (χ1n) is 6.57. The van der Waals surface area contributed by atoms with Gasteiger partial charge in [-0.2, -0.15) is 0 Å². The summed E-state index contributed by atoms with van der Waals surface area (Å²) in [5.41, 5.74) is 1.26. The van der Waals surface area contributed by atoms with Gasteiger partial charge in [-0.05, 0) is 39.3 Å². The zero-order valence-electron chi connectivity index (χ0n) is 11.5. The Kier molecular flexibility index (Phi) is 6.06. The van der Waals surface area contributed by atoms with E-state index < -0.39 is 0 Å². The Morgan fingerprint density at radius 2 is 1.76 bits per heavy atom. The molecule has 0 saturated carbocycles. The molecule has 0 aliphatic carbocycles. The Bertz CT molecular complexity index is 307. The fraction of sp³-hybridized carbons (Fsp3) is 0.600. The highest BCUT2D eigenvalue weighted by molar-refractivity contribution is 5.26. The van der Waals surface area contributed by atoms with Crippen molar-refractivity contribution in [2.75, 3.05) is 6.61 Å². The molecular formula is C15H25NO. The van der Waals surface area contributed by atoms with Gasteiger partial charge in [-0.15, -0.1) is 0 Å². The topological polar surface area (TPSA) is 21.3 Å². The van der Waals surface area contributed by atoms with Crippen molar-refractivity contribution in [1.29, 1.82) is 0 Å². The molecule has 0 aromatic heterocycles. The summed E-state index contributed by atoms with van der Waals surface area (Å²) in [7, 11) is 0. The maximum atomic E-state index is 5.74. The van der Waals surface area contributed by atoms with Crippen LogP contribution in [0.25, 0.3) is 0 Å². The van der Waals surface area contributed by atoms with E-state index in [0.717, 1.165) is 12.4 Å². The molecule has 1 aromatic carbocycles. The van der Waals surface area contributed by atoms with Crippen LogP contribution in [-0.2, 0) is 0 Å². The van der Waals surface area contributed by atoms with Gasteiger partial charge in [0, 0.05) is 12.1 Å². The van der Waals surface area contributed by atoms with Gasteiger partial charge in [-0.25, -0.2) is 0 Å². The highest BCUT2D eigenvalue weighted by Gasteiger charge is 2.07. The van der Waals surface area contributed by atoms with Gasteiger partial charge in [-0.3, -0.25) is 0 Å². The van der Waals surface area contributed by atoms with Gasteiger partial charge in [0.25, 0.3) is 0 Å². The monoisotopic (exact) mass is 235 g/mol. The minimum Gasteiger partial charge on any atom is -0.492 e. The van der Waals surface area contributed by atoms with E-state index in [9.17, 15) is 0 Å². The molecule has 0 aliphatic rings. The third-order valence-corrected chi connectivity index (χ3v) is 2.81. The third kappa shape index (κ3) is 5.73. The third-order valence-electron chi connectivity index (χ3n) is 2.81. The molecule has 0 fully saturated rings. The fourth-order valence-electron chi connectivity index (χ4n) is 1.91. The van der Waals surface area contributed by atoms with Crippen LogP contribution in [0.4, 0.5) is 0 Å². The van der Waals surface area contributed by atoms with E-state index in [4.69, 9.17) is 4.74 Å². The number of benzene rings is 1. The van der Waals surface area contributed by atoms with Crippen molar-refractivity contribution in [2.24, 2.45) is 0 Å². The van der Waals surface area contributed by atoms with Crippen molar-refractivity contribution in [1.82, 2.24) is 5.32 Å². The standard InChI is InChI=1S/C15H25NO/c1-5-6-13(3)16-14(4)11-17-15-9-7-12(2)8-10-15/h7-10,13-14,16H,5-6,11H2,1-4H3. The first-order valence-corrected chi connectivity index (χ1v) is 6.57. The molecule has 1 N–H and O–H groups in total. The minimum absolute atomic E-state index is 0.387. The van der Waals surface area contributed by atoms with Crippen molar-refractivity contribution in [3.05, 3.63) is 29.8 Å². The maximum Gasteiger partial charge on any atom is 0.119 e. The molecule has 2 atom stereocenters. The Morgan fingerprint density at radius 1 is 1.12 bits per heavy atom. The molecule has 17 heavy (non-hydrogen) atoms. The van der Waals surface area contributed by atoms with Crippen LogP contribution in [0.2, 0.25) is 0 Å². The Balaban J connectivity index is 2.27. The van der Waals surface area contributed by atoms with E-state index in [0.29, 0.717) is 12.1 Å². The number of hydrogen-bond acceptors (Lipinski definition) is 2. The number of ether oxygens (including phenoxy) is 1. The average Bonchev–Trinajstić information content (AvgIpc) is 2.28. The number of nitrogens with one attached hydrogen (secondary N) is 1. The van der Waals surface area contributed by atoms with Gasteiger partial charge < -0.3 is 10.1 Å².